The van der Waals surface area contributed by atoms with Crippen LogP contribution in [0.3, 0.4) is 0 Å². The first-order chi connectivity index (χ1) is 9.69. The quantitative estimate of drug-likeness (QED) is 0.757. The molecule has 1 aromatic carbocycles. The number of carbonyl (C=O) groups is 1. The van der Waals surface area contributed by atoms with Crippen molar-refractivity contribution in [3.05, 3.63) is 39.9 Å². The molecule has 5 heteroatoms. The molecule has 0 spiro atoms. The largest absolute Gasteiger partial charge is 0.456 e. The number of anilines is 1. The molecule has 0 amide bonds. The Labute approximate surface area is 137 Å². The van der Waals surface area contributed by atoms with E-state index in [0.29, 0.717) is 10.6 Å². The van der Waals surface area contributed by atoms with Crippen LogP contribution in [0.4, 0.5) is 5.00 Å². The van der Waals surface area contributed by atoms with Crippen LogP contribution >= 0.6 is 27.3 Å². The fourth-order valence-electron chi connectivity index (χ4n) is 2.00. The lowest BCUT2D eigenvalue weighted by Gasteiger charge is -2.19. The van der Waals surface area contributed by atoms with E-state index < -0.39 is 5.60 Å². The topological polar surface area (TPSA) is 52.3 Å². The molecule has 112 valence electrons. The fraction of sp³-hybridized carbons (Fsp3) is 0.312. The van der Waals surface area contributed by atoms with Gasteiger partial charge in [-0.2, -0.15) is 0 Å². The summed E-state index contributed by atoms with van der Waals surface area (Å²) in [7, 11) is 0. The van der Waals surface area contributed by atoms with Gasteiger partial charge in [0.05, 0.1) is 5.56 Å². The van der Waals surface area contributed by atoms with Crippen molar-refractivity contribution in [2.75, 3.05) is 5.73 Å². The van der Waals surface area contributed by atoms with Crippen molar-refractivity contribution < 1.29 is 9.53 Å². The predicted octanol–water partition coefficient (Wildman–Crippen LogP) is 5.02. The number of nitrogens with two attached hydrogens (primary N) is 1. The van der Waals surface area contributed by atoms with Gasteiger partial charge in [-0.1, -0.05) is 28.1 Å². The van der Waals surface area contributed by atoms with Gasteiger partial charge in [0.25, 0.3) is 0 Å². The summed E-state index contributed by atoms with van der Waals surface area (Å²) in [5.41, 5.74) is 7.90. The first-order valence-electron chi connectivity index (χ1n) is 6.57. The highest BCUT2D eigenvalue weighted by atomic mass is 79.9. The average Bonchev–Trinajstić information content (AvgIpc) is 2.63. The zero-order valence-electron chi connectivity index (χ0n) is 12.5. The third-order valence-electron chi connectivity index (χ3n) is 2.88. The summed E-state index contributed by atoms with van der Waals surface area (Å²) in [5, 5.41) is 0.500. The van der Waals surface area contributed by atoms with E-state index in [2.05, 4.69) is 15.9 Å². The van der Waals surface area contributed by atoms with E-state index in [9.17, 15) is 4.79 Å². The van der Waals surface area contributed by atoms with Crippen LogP contribution in [0.5, 0.6) is 0 Å². The SMILES string of the molecule is Cc1c(-c2ccc(Br)cc2)sc(N)c1C(=O)OC(C)(C)C. The van der Waals surface area contributed by atoms with Crippen molar-refractivity contribution in [2.24, 2.45) is 0 Å². The number of esters is 1. The number of carbonyl (C=O) groups excluding carboxylic acids is 1. The standard InChI is InChI=1S/C16H18BrNO2S/c1-9-12(15(19)20-16(2,3)4)14(18)21-13(9)10-5-7-11(17)8-6-10/h5-8H,18H2,1-4H3. The van der Waals surface area contributed by atoms with Crippen molar-refractivity contribution in [3.8, 4) is 10.4 Å². The molecule has 3 nitrogen and oxygen atoms in total. The number of ether oxygens (including phenoxy) is 1. The molecule has 2 aromatic rings. The molecule has 0 aliphatic rings. The predicted molar refractivity (Wildman–Crippen MR) is 91.8 cm³/mol. The van der Waals surface area contributed by atoms with Crippen molar-refractivity contribution in [3.63, 3.8) is 0 Å². The molecule has 0 aliphatic carbocycles. The van der Waals surface area contributed by atoms with Crippen LogP contribution in [0.25, 0.3) is 10.4 Å². The Hall–Kier alpha value is -1.33. The van der Waals surface area contributed by atoms with Gasteiger partial charge in [-0.05, 0) is 51.0 Å². The van der Waals surface area contributed by atoms with Crippen LogP contribution in [-0.2, 0) is 4.74 Å². The minimum atomic E-state index is -0.532. The molecule has 2 N–H and O–H groups in total. The van der Waals surface area contributed by atoms with E-state index in [1.54, 1.807) is 0 Å². The third kappa shape index (κ3) is 3.66. The van der Waals surface area contributed by atoms with Crippen molar-refractivity contribution in [1.29, 1.82) is 0 Å². The van der Waals surface area contributed by atoms with Crippen molar-refractivity contribution in [2.45, 2.75) is 33.3 Å². The van der Waals surface area contributed by atoms with Gasteiger partial charge in [0.15, 0.2) is 0 Å². The first kappa shape index (κ1) is 16.0. The van der Waals surface area contributed by atoms with Crippen molar-refractivity contribution >= 4 is 38.2 Å². The van der Waals surface area contributed by atoms with Crippen LogP contribution in [0.15, 0.2) is 28.7 Å². The Morgan fingerprint density at radius 2 is 1.81 bits per heavy atom. The summed E-state index contributed by atoms with van der Waals surface area (Å²) < 4.78 is 6.45. The summed E-state index contributed by atoms with van der Waals surface area (Å²) >= 11 is 4.83. The van der Waals surface area contributed by atoms with E-state index >= 15 is 0 Å². The smallest absolute Gasteiger partial charge is 0.341 e. The van der Waals surface area contributed by atoms with E-state index in [4.69, 9.17) is 10.5 Å². The summed E-state index contributed by atoms with van der Waals surface area (Å²) in [5.74, 6) is -0.364. The van der Waals surface area contributed by atoms with Gasteiger partial charge in [0.1, 0.15) is 10.6 Å². The average molecular weight is 368 g/mol. The molecule has 21 heavy (non-hydrogen) atoms. The van der Waals surface area contributed by atoms with Crippen LogP contribution in [0.2, 0.25) is 0 Å². The molecule has 1 heterocycles. The number of benzene rings is 1. The maximum absolute atomic E-state index is 12.3. The lowest BCUT2D eigenvalue weighted by molar-refractivity contribution is 0.00706. The van der Waals surface area contributed by atoms with Crippen LogP contribution in [-0.4, -0.2) is 11.6 Å². The summed E-state index contributed by atoms with van der Waals surface area (Å²) in [6.45, 7) is 7.44. The molecule has 0 fully saturated rings. The number of hydrogen-bond donors (Lipinski definition) is 1. The fourth-order valence-corrected chi connectivity index (χ4v) is 3.33. The Bertz CT molecular complexity index is 669. The lowest BCUT2D eigenvalue weighted by Crippen LogP contribution is -2.24. The Balaban J connectivity index is 2.42. The van der Waals surface area contributed by atoms with Gasteiger partial charge in [-0.25, -0.2) is 4.79 Å². The maximum Gasteiger partial charge on any atom is 0.341 e. The zero-order chi connectivity index (χ0) is 15.8. The Morgan fingerprint density at radius 3 is 2.33 bits per heavy atom. The van der Waals surface area contributed by atoms with Crippen LogP contribution in [0.1, 0.15) is 36.7 Å². The van der Waals surface area contributed by atoms with Crippen LogP contribution < -0.4 is 5.73 Å². The molecule has 0 aliphatic heterocycles. The second-order valence-corrected chi connectivity index (χ2v) is 7.77. The molecule has 0 saturated carbocycles. The monoisotopic (exact) mass is 367 g/mol. The highest BCUT2D eigenvalue weighted by Crippen LogP contribution is 2.39. The highest BCUT2D eigenvalue weighted by molar-refractivity contribution is 9.10. The summed E-state index contributed by atoms with van der Waals surface area (Å²) in [6, 6.07) is 7.94. The normalized spacial score (nSPS) is 11.5. The second-order valence-electron chi connectivity index (χ2n) is 5.80. The molecular weight excluding hydrogens is 350 g/mol. The zero-order valence-corrected chi connectivity index (χ0v) is 14.9. The third-order valence-corrected chi connectivity index (χ3v) is 4.58. The van der Waals surface area contributed by atoms with Gasteiger partial charge in [0, 0.05) is 9.35 Å². The molecule has 0 radical (unpaired) electrons. The highest BCUT2D eigenvalue weighted by Gasteiger charge is 2.25. The minimum Gasteiger partial charge on any atom is -0.456 e. The Morgan fingerprint density at radius 1 is 1.24 bits per heavy atom. The number of hydrogen-bond acceptors (Lipinski definition) is 4. The molecular formula is C16H18BrNO2S. The summed E-state index contributed by atoms with van der Waals surface area (Å²) in [4.78, 5) is 13.3. The number of rotatable bonds is 2. The van der Waals surface area contributed by atoms with Gasteiger partial charge >= 0.3 is 5.97 Å². The van der Waals surface area contributed by atoms with Gasteiger partial charge in [-0.3, -0.25) is 0 Å². The molecule has 0 bridgehead atoms. The first-order valence-corrected chi connectivity index (χ1v) is 8.18. The van der Waals surface area contributed by atoms with E-state index in [-0.39, 0.29) is 5.97 Å². The molecule has 0 atom stereocenters. The number of halogens is 1. The van der Waals surface area contributed by atoms with E-state index in [0.717, 1.165) is 20.5 Å². The van der Waals surface area contributed by atoms with Crippen LogP contribution in [0, 0.1) is 6.92 Å². The Kier molecular flexibility index (Phi) is 4.44. The molecule has 1 aromatic heterocycles. The van der Waals surface area contributed by atoms with Gasteiger partial charge < -0.3 is 10.5 Å². The van der Waals surface area contributed by atoms with Crippen molar-refractivity contribution in [1.82, 2.24) is 0 Å². The lowest BCUT2D eigenvalue weighted by atomic mass is 10.1. The molecule has 2 rings (SSSR count). The van der Waals surface area contributed by atoms with E-state index in [1.807, 2.05) is 52.0 Å². The number of thiophene rings is 1. The minimum absolute atomic E-state index is 0.364. The molecule has 0 saturated heterocycles. The van der Waals surface area contributed by atoms with E-state index in [1.165, 1.54) is 11.3 Å². The summed E-state index contributed by atoms with van der Waals surface area (Å²) in [6.07, 6.45) is 0. The van der Waals surface area contributed by atoms with Gasteiger partial charge in [-0.15, -0.1) is 11.3 Å². The maximum atomic E-state index is 12.3. The number of nitrogen functional groups attached to an aromatic ring is 1. The molecule has 0 unspecified atom stereocenters. The second kappa shape index (κ2) is 5.81. The van der Waals surface area contributed by atoms with Gasteiger partial charge in [0.2, 0.25) is 0 Å².